The summed E-state index contributed by atoms with van der Waals surface area (Å²) in [4.78, 5) is 11.5. The van der Waals surface area contributed by atoms with Crippen molar-refractivity contribution in [3.8, 4) is 0 Å². The van der Waals surface area contributed by atoms with Gasteiger partial charge in [0.05, 0.1) is 5.92 Å². The molecule has 1 aliphatic heterocycles. The van der Waals surface area contributed by atoms with E-state index in [9.17, 15) is 4.79 Å². The van der Waals surface area contributed by atoms with Crippen molar-refractivity contribution in [1.82, 2.24) is 5.32 Å². The summed E-state index contributed by atoms with van der Waals surface area (Å²) in [6.07, 6.45) is 2.10. The Hall–Kier alpha value is -1.06. The lowest BCUT2D eigenvalue weighted by Gasteiger charge is -2.21. The van der Waals surface area contributed by atoms with Gasteiger partial charge in [0.1, 0.15) is 0 Å². The average Bonchev–Trinajstić information content (AvgIpc) is 2.74. The molecule has 1 heterocycles. The maximum Gasteiger partial charge on any atom is 0.226 e. The fourth-order valence-corrected chi connectivity index (χ4v) is 2.39. The highest BCUT2D eigenvalue weighted by atomic mass is 35.5. The molecule has 3 N–H and O–H groups in total. The number of hydrogen-bond donors (Lipinski definition) is 2. The smallest absolute Gasteiger partial charge is 0.226 e. The highest BCUT2D eigenvalue weighted by molar-refractivity contribution is 6.30. The van der Waals surface area contributed by atoms with Gasteiger partial charge in [-0.2, -0.15) is 0 Å². The summed E-state index contributed by atoms with van der Waals surface area (Å²) >= 11 is 5.82. The van der Waals surface area contributed by atoms with Gasteiger partial charge in [-0.3, -0.25) is 4.79 Å². The van der Waals surface area contributed by atoms with E-state index in [0.29, 0.717) is 5.02 Å². The van der Waals surface area contributed by atoms with E-state index in [0.717, 1.165) is 24.9 Å². The van der Waals surface area contributed by atoms with Crippen LogP contribution in [0, 0.1) is 0 Å². The second kappa shape index (κ2) is 4.85. The highest BCUT2D eigenvalue weighted by Crippen LogP contribution is 2.26. The van der Waals surface area contributed by atoms with Crippen LogP contribution in [0.2, 0.25) is 5.02 Å². The van der Waals surface area contributed by atoms with Gasteiger partial charge in [-0.15, -0.1) is 0 Å². The SMILES string of the molecule is NC(=O)[C@@H](c1ccc(Cl)cc1)[C@@H]1CCCN1. The van der Waals surface area contributed by atoms with Gasteiger partial charge < -0.3 is 11.1 Å². The van der Waals surface area contributed by atoms with Crippen LogP contribution in [0.25, 0.3) is 0 Å². The summed E-state index contributed by atoms with van der Waals surface area (Å²) in [5.41, 5.74) is 6.42. The summed E-state index contributed by atoms with van der Waals surface area (Å²) in [5.74, 6) is -0.526. The first kappa shape index (κ1) is 11.4. The van der Waals surface area contributed by atoms with Gasteiger partial charge in [0.2, 0.25) is 5.91 Å². The molecule has 86 valence electrons. The van der Waals surface area contributed by atoms with Gasteiger partial charge in [-0.25, -0.2) is 0 Å². The van der Waals surface area contributed by atoms with Crippen molar-refractivity contribution in [2.75, 3.05) is 6.54 Å². The highest BCUT2D eigenvalue weighted by Gasteiger charge is 2.30. The van der Waals surface area contributed by atoms with E-state index >= 15 is 0 Å². The van der Waals surface area contributed by atoms with Gasteiger partial charge in [0.25, 0.3) is 0 Å². The second-order valence-corrected chi connectivity index (χ2v) is 4.57. The fraction of sp³-hybridized carbons (Fsp3) is 0.417. The maximum atomic E-state index is 11.5. The van der Waals surface area contributed by atoms with Crippen LogP contribution in [-0.4, -0.2) is 18.5 Å². The third-order valence-electron chi connectivity index (χ3n) is 3.04. The number of nitrogens with one attached hydrogen (secondary N) is 1. The van der Waals surface area contributed by atoms with Crippen LogP contribution in [0.15, 0.2) is 24.3 Å². The topological polar surface area (TPSA) is 55.1 Å². The Balaban J connectivity index is 2.24. The lowest BCUT2D eigenvalue weighted by molar-refractivity contribution is -0.120. The molecule has 1 aromatic rings. The molecule has 0 radical (unpaired) electrons. The van der Waals surface area contributed by atoms with E-state index in [1.165, 1.54) is 0 Å². The first-order chi connectivity index (χ1) is 7.68. The van der Waals surface area contributed by atoms with E-state index in [1.54, 1.807) is 12.1 Å². The molecule has 1 saturated heterocycles. The minimum Gasteiger partial charge on any atom is -0.369 e. The molecule has 0 spiro atoms. The zero-order valence-electron chi connectivity index (χ0n) is 8.95. The lowest BCUT2D eigenvalue weighted by Crippen LogP contribution is -2.37. The lowest BCUT2D eigenvalue weighted by atomic mass is 9.90. The van der Waals surface area contributed by atoms with Crippen molar-refractivity contribution in [1.29, 1.82) is 0 Å². The number of nitrogens with two attached hydrogens (primary N) is 1. The Morgan fingerprint density at radius 1 is 1.44 bits per heavy atom. The predicted molar refractivity (Wildman–Crippen MR) is 64.4 cm³/mol. The van der Waals surface area contributed by atoms with Crippen molar-refractivity contribution >= 4 is 17.5 Å². The molecule has 0 saturated carbocycles. The summed E-state index contributed by atoms with van der Waals surface area (Å²) in [6.45, 7) is 0.960. The predicted octanol–water partition coefficient (Wildman–Crippen LogP) is 1.66. The monoisotopic (exact) mass is 238 g/mol. The summed E-state index contributed by atoms with van der Waals surface area (Å²) in [6, 6.07) is 7.50. The minimum atomic E-state index is -0.276. The number of carbonyl (C=O) groups is 1. The van der Waals surface area contributed by atoms with Crippen LogP contribution in [0.5, 0.6) is 0 Å². The van der Waals surface area contributed by atoms with Gasteiger partial charge >= 0.3 is 0 Å². The van der Waals surface area contributed by atoms with Crippen molar-refractivity contribution in [2.45, 2.75) is 24.8 Å². The van der Waals surface area contributed by atoms with E-state index in [1.807, 2.05) is 12.1 Å². The Morgan fingerprint density at radius 2 is 2.12 bits per heavy atom. The van der Waals surface area contributed by atoms with Crippen molar-refractivity contribution in [3.63, 3.8) is 0 Å². The number of rotatable bonds is 3. The molecule has 0 bridgehead atoms. The van der Waals surface area contributed by atoms with Crippen molar-refractivity contribution in [3.05, 3.63) is 34.9 Å². The molecule has 0 aliphatic carbocycles. The molecule has 0 aromatic heterocycles. The van der Waals surface area contributed by atoms with Crippen LogP contribution in [0.1, 0.15) is 24.3 Å². The number of carbonyl (C=O) groups excluding carboxylic acids is 1. The Bertz CT molecular complexity index is 371. The Labute approximate surface area is 100.0 Å². The molecule has 2 atom stereocenters. The molecule has 1 aliphatic rings. The van der Waals surface area contributed by atoms with Gasteiger partial charge in [0, 0.05) is 11.1 Å². The molecule has 3 nitrogen and oxygen atoms in total. The molecule has 4 heteroatoms. The van der Waals surface area contributed by atoms with Crippen molar-refractivity contribution in [2.24, 2.45) is 5.73 Å². The molecule has 0 unspecified atom stereocenters. The third kappa shape index (κ3) is 2.36. The van der Waals surface area contributed by atoms with E-state index < -0.39 is 0 Å². The molecular formula is C12H15ClN2O. The van der Waals surface area contributed by atoms with Crippen LogP contribution in [0.4, 0.5) is 0 Å². The Kier molecular flexibility index (Phi) is 3.46. The summed E-state index contributed by atoms with van der Waals surface area (Å²) in [7, 11) is 0. The first-order valence-corrected chi connectivity index (χ1v) is 5.84. The number of hydrogen-bond acceptors (Lipinski definition) is 2. The zero-order chi connectivity index (χ0) is 11.5. The molecule has 1 amide bonds. The number of amides is 1. The standard InChI is InChI=1S/C12H15ClN2O/c13-9-5-3-8(4-6-9)11(12(14)16)10-2-1-7-15-10/h3-6,10-11,15H,1-2,7H2,(H2,14,16)/t10-,11-/m0/s1. The molecule has 16 heavy (non-hydrogen) atoms. The number of halogens is 1. The van der Waals surface area contributed by atoms with Gasteiger partial charge in [-0.05, 0) is 37.1 Å². The molecule has 1 aromatic carbocycles. The van der Waals surface area contributed by atoms with E-state index in [2.05, 4.69) is 5.32 Å². The van der Waals surface area contributed by atoms with Crippen LogP contribution in [-0.2, 0) is 4.79 Å². The summed E-state index contributed by atoms with van der Waals surface area (Å²) < 4.78 is 0. The Morgan fingerprint density at radius 3 is 2.62 bits per heavy atom. The normalized spacial score (nSPS) is 21.9. The summed E-state index contributed by atoms with van der Waals surface area (Å²) in [5, 5.41) is 3.99. The van der Waals surface area contributed by atoms with Crippen molar-refractivity contribution < 1.29 is 4.79 Å². The zero-order valence-corrected chi connectivity index (χ0v) is 9.70. The average molecular weight is 239 g/mol. The first-order valence-electron chi connectivity index (χ1n) is 5.46. The van der Waals surface area contributed by atoms with Gasteiger partial charge in [-0.1, -0.05) is 23.7 Å². The van der Waals surface area contributed by atoms with Crippen LogP contribution in [0.3, 0.4) is 0 Å². The van der Waals surface area contributed by atoms with E-state index in [-0.39, 0.29) is 17.9 Å². The largest absolute Gasteiger partial charge is 0.369 e. The molecule has 1 fully saturated rings. The molecular weight excluding hydrogens is 224 g/mol. The maximum absolute atomic E-state index is 11.5. The van der Waals surface area contributed by atoms with Gasteiger partial charge in [0.15, 0.2) is 0 Å². The number of benzene rings is 1. The minimum absolute atomic E-state index is 0.165. The van der Waals surface area contributed by atoms with Crippen LogP contribution >= 0.6 is 11.6 Å². The third-order valence-corrected chi connectivity index (χ3v) is 3.29. The number of primary amides is 1. The second-order valence-electron chi connectivity index (χ2n) is 4.13. The van der Waals surface area contributed by atoms with E-state index in [4.69, 9.17) is 17.3 Å². The quantitative estimate of drug-likeness (QED) is 0.842. The van der Waals surface area contributed by atoms with Crippen LogP contribution < -0.4 is 11.1 Å². The molecule has 2 rings (SSSR count). The fourth-order valence-electron chi connectivity index (χ4n) is 2.26.